The molecule has 114 valence electrons. The summed E-state index contributed by atoms with van der Waals surface area (Å²) in [5.41, 5.74) is 0. The molecule has 0 radical (unpaired) electrons. The highest BCUT2D eigenvalue weighted by Crippen LogP contribution is 2.30. The molecule has 0 aromatic heterocycles. The molecule has 20 heavy (non-hydrogen) atoms. The van der Waals surface area contributed by atoms with Crippen LogP contribution in [0.15, 0.2) is 0 Å². The maximum atomic E-state index is 12.2. The molecule has 0 bridgehead atoms. The number of hydrogen-bond acceptors (Lipinski definition) is 3. The number of carbonyl (C=O) groups excluding carboxylic acids is 1. The Balaban J connectivity index is 1.80. The van der Waals surface area contributed by atoms with Gasteiger partial charge in [0.05, 0.1) is 11.8 Å². The Bertz CT molecular complexity index is 359. The molecule has 2 aliphatic rings. The molecule has 0 aromatic carbocycles. The summed E-state index contributed by atoms with van der Waals surface area (Å²) in [6.45, 7) is 6.06. The molecule has 1 unspecified atom stereocenters. The average molecular weight is 282 g/mol. The molecule has 0 aromatic rings. The Kier molecular flexibility index (Phi) is 5.40. The van der Waals surface area contributed by atoms with E-state index >= 15 is 0 Å². The van der Waals surface area contributed by atoms with Crippen molar-refractivity contribution in [3.05, 3.63) is 0 Å². The Morgan fingerprint density at radius 1 is 1.20 bits per heavy atom. The molecule has 2 rings (SSSR count). The van der Waals surface area contributed by atoms with E-state index in [0.717, 1.165) is 38.9 Å². The topological polar surface area (TPSA) is 69.6 Å². The molecule has 1 amide bonds. The first kappa shape index (κ1) is 15.3. The first-order valence-electron chi connectivity index (χ1n) is 7.84. The fourth-order valence-corrected chi connectivity index (χ4v) is 3.48. The SMILES string of the molecule is CCN1CCC(CNC(=O)[C@@H]2CCCC[C@@H]2C(=O)O)C1. The van der Waals surface area contributed by atoms with Crippen molar-refractivity contribution >= 4 is 11.9 Å². The van der Waals surface area contributed by atoms with E-state index in [1.165, 1.54) is 0 Å². The van der Waals surface area contributed by atoms with Crippen LogP contribution in [0.25, 0.3) is 0 Å². The summed E-state index contributed by atoms with van der Waals surface area (Å²) in [6.07, 6.45) is 4.37. The van der Waals surface area contributed by atoms with Crippen molar-refractivity contribution in [2.75, 3.05) is 26.2 Å². The summed E-state index contributed by atoms with van der Waals surface area (Å²) in [5.74, 6) is -1.16. The predicted octanol–water partition coefficient (Wildman–Crippen LogP) is 1.34. The van der Waals surface area contributed by atoms with Gasteiger partial charge in [-0.1, -0.05) is 19.8 Å². The van der Waals surface area contributed by atoms with Crippen molar-refractivity contribution in [2.45, 2.75) is 39.0 Å². The number of carboxylic acid groups (broad SMARTS) is 1. The van der Waals surface area contributed by atoms with Crippen LogP contribution in [0.2, 0.25) is 0 Å². The third-order valence-electron chi connectivity index (χ3n) is 4.80. The first-order valence-corrected chi connectivity index (χ1v) is 7.84. The third-order valence-corrected chi connectivity index (χ3v) is 4.80. The van der Waals surface area contributed by atoms with Gasteiger partial charge in [-0.2, -0.15) is 0 Å². The zero-order valence-corrected chi connectivity index (χ0v) is 12.3. The number of nitrogens with zero attached hydrogens (tertiary/aromatic N) is 1. The lowest BCUT2D eigenvalue weighted by molar-refractivity contribution is -0.148. The van der Waals surface area contributed by atoms with E-state index in [2.05, 4.69) is 17.1 Å². The predicted molar refractivity (Wildman–Crippen MR) is 76.3 cm³/mol. The van der Waals surface area contributed by atoms with Crippen molar-refractivity contribution in [1.82, 2.24) is 10.2 Å². The lowest BCUT2D eigenvalue weighted by atomic mass is 9.78. The minimum Gasteiger partial charge on any atom is -0.481 e. The molecule has 0 spiro atoms. The van der Waals surface area contributed by atoms with Crippen LogP contribution in [0.5, 0.6) is 0 Å². The van der Waals surface area contributed by atoms with Crippen molar-refractivity contribution < 1.29 is 14.7 Å². The minimum atomic E-state index is -0.817. The maximum Gasteiger partial charge on any atom is 0.307 e. The van der Waals surface area contributed by atoms with Crippen molar-refractivity contribution in [3.8, 4) is 0 Å². The summed E-state index contributed by atoms with van der Waals surface area (Å²) in [6, 6.07) is 0. The summed E-state index contributed by atoms with van der Waals surface area (Å²) >= 11 is 0. The van der Waals surface area contributed by atoms with Gasteiger partial charge in [0, 0.05) is 13.1 Å². The molecular formula is C15H26N2O3. The molecule has 1 aliphatic carbocycles. The summed E-state index contributed by atoms with van der Waals surface area (Å²) in [7, 11) is 0. The van der Waals surface area contributed by atoms with Crippen LogP contribution >= 0.6 is 0 Å². The van der Waals surface area contributed by atoms with E-state index in [1.54, 1.807) is 0 Å². The molecule has 1 heterocycles. The van der Waals surface area contributed by atoms with Gasteiger partial charge in [0.1, 0.15) is 0 Å². The van der Waals surface area contributed by atoms with Gasteiger partial charge in [-0.15, -0.1) is 0 Å². The van der Waals surface area contributed by atoms with Crippen LogP contribution in [0.3, 0.4) is 0 Å². The van der Waals surface area contributed by atoms with Gasteiger partial charge >= 0.3 is 5.97 Å². The Labute approximate surface area is 120 Å². The highest BCUT2D eigenvalue weighted by molar-refractivity contribution is 5.84. The zero-order valence-electron chi connectivity index (χ0n) is 12.3. The smallest absolute Gasteiger partial charge is 0.307 e. The highest BCUT2D eigenvalue weighted by atomic mass is 16.4. The third kappa shape index (κ3) is 3.72. The zero-order chi connectivity index (χ0) is 14.5. The Hall–Kier alpha value is -1.10. The highest BCUT2D eigenvalue weighted by Gasteiger charge is 2.35. The van der Waals surface area contributed by atoms with Crippen LogP contribution in [0, 0.1) is 17.8 Å². The van der Waals surface area contributed by atoms with Gasteiger partial charge < -0.3 is 15.3 Å². The van der Waals surface area contributed by atoms with Gasteiger partial charge in [-0.25, -0.2) is 0 Å². The van der Waals surface area contributed by atoms with Crippen LogP contribution in [0.1, 0.15) is 39.0 Å². The number of nitrogens with one attached hydrogen (secondary N) is 1. The minimum absolute atomic E-state index is 0.0490. The summed E-state index contributed by atoms with van der Waals surface area (Å²) < 4.78 is 0. The van der Waals surface area contributed by atoms with Crippen molar-refractivity contribution in [1.29, 1.82) is 0 Å². The standard InChI is InChI=1S/C15H26N2O3/c1-2-17-8-7-11(10-17)9-16-14(18)12-5-3-4-6-13(12)15(19)20/h11-13H,2-10H2,1H3,(H,16,18)(H,19,20)/t11?,12-,13+/m1/s1. The molecule has 1 aliphatic heterocycles. The van der Waals surface area contributed by atoms with Crippen molar-refractivity contribution in [2.24, 2.45) is 17.8 Å². The fraction of sp³-hybridized carbons (Fsp3) is 0.867. The summed E-state index contributed by atoms with van der Waals surface area (Å²) in [4.78, 5) is 25.8. The van der Waals surface area contributed by atoms with Gasteiger partial charge in [-0.3, -0.25) is 9.59 Å². The molecule has 1 saturated carbocycles. The van der Waals surface area contributed by atoms with Crippen LogP contribution in [0.4, 0.5) is 0 Å². The number of carbonyl (C=O) groups is 2. The van der Waals surface area contributed by atoms with Crippen LogP contribution in [-0.4, -0.2) is 48.1 Å². The normalized spacial score (nSPS) is 31.1. The molecule has 1 saturated heterocycles. The second-order valence-electron chi connectivity index (χ2n) is 6.13. The summed E-state index contributed by atoms with van der Waals surface area (Å²) in [5, 5.41) is 12.2. The number of likely N-dealkylation sites (tertiary alicyclic amines) is 1. The van der Waals surface area contributed by atoms with E-state index in [1.807, 2.05) is 0 Å². The van der Waals surface area contributed by atoms with Gasteiger partial charge in [0.15, 0.2) is 0 Å². The van der Waals surface area contributed by atoms with Gasteiger partial charge in [-0.05, 0) is 38.3 Å². The van der Waals surface area contributed by atoms with Gasteiger partial charge in [0.2, 0.25) is 5.91 Å². The molecule has 2 fully saturated rings. The largest absolute Gasteiger partial charge is 0.481 e. The van der Waals surface area contributed by atoms with Gasteiger partial charge in [0.25, 0.3) is 0 Å². The maximum absolute atomic E-state index is 12.2. The number of hydrogen-bond donors (Lipinski definition) is 2. The lowest BCUT2D eigenvalue weighted by Gasteiger charge is -2.27. The van der Waals surface area contributed by atoms with Crippen molar-refractivity contribution in [3.63, 3.8) is 0 Å². The quantitative estimate of drug-likeness (QED) is 0.798. The first-order chi connectivity index (χ1) is 9.61. The van der Waals surface area contributed by atoms with Crippen LogP contribution < -0.4 is 5.32 Å². The second kappa shape index (κ2) is 7.07. The lowest BCUT2D eigenvalue weighted by Crippen LogP contribution is -2.41. The molecular weight excluding hydrogens is 256 g/mol. The molecule has 2 N–H and O–H groups in total. The average Bonchev–Trinajstić information content (AvgIpc) is 2.92. The second-order valence-corrected chi connectivity index (χ2v) is 6.13. The van der Waals surface area contributed by atoms with E-state index in [0.29, 0.717) is 25.3 Å². The van der Waals surface area contributed by atoms with E-state index in [9.17, 15) is 14.7 Å². The van der Waals surface area contributed by atoms with E-state index < -0.39 is 11.9 Å². The molecule has 3 atom stereocenters. The Morgan fingerprint density at radius 3 is 2.50 bits per heavy atom. The van der Waals surface area contributed by atoms with E-state index in [4.69, 9.17) is 0 Å². The monoisotopic (exact) mass is 282 g/mol. The molecule has 5 nitrogen and oxygen atoms in total. The number of amides is 1. The Morgan fingerprint density at radius 2 is 1.90 bits per heavy atom. The van der Waals surface area contributed by atoms with Crippen LogP contribution in [-0.2, 0) is 9.59 Å². The number of rotatable bonds is 5. The number of carboxylic acids is 1. The van der Waals surface area contributed by atoms with E-state index in [-0.39, 0.29) is 11.8 Å². The number of aliphatic carboxylic acids is 1. The fourth-order valence-electron chi connectivity index (χ4n) is 3.48. The molecule has 5 heteroatoms.